The molecule has 0 aliphatic heterocycles. The number of ketones is 2. The number of unbranched alkanes of at least 4 members (excludes halogenated alkanes) is 1. The molecule has 43 heavy (non-hydrogen) atoms. The Balaban J connectivity index is 1.51. The smallest absolute Gasteiger partial charge is 0.255 e. The molecule has 0 saturated carbocycles. The van der Waals surface area contributed by atoms with E-state index >= 15 is 0 Å². The summed E-state index contributed by atoms with van der Waals surface area (Å²) in [6.07, 6.45) is 5.01. The van der Waals surface area contributed by atoms with Crippen molar-refractivity contribution in [2.45, 2.75) is 71.0 Å². The van der Waals surface area contributed by atoms with Crippen LogP contribution in [0, 0.1) is 17.8 Å². The molecule has 5 rings (SSSR count). The number of Topliss-reactive ketones (excluding diaryl/α,β-unsaturated/α-hetero) is 2. The number of phenolic OH excluding ortho intramolecular Hbond substituents is 1. The van der Waals surface area contributed by atoms with Crippen molar-refractivity contribution >= 4 is 17.5 Å². The molecule has 1 heterocycles. The van der Waals surface area contributed by atoms with Crippen LogP contribution < -0.4 is 11.1 Å². The summed E-state index contributed by atoms with van der Waals surface area (Å²) in [6, 6.07) is 6.56. The van der Waals surface area contributed by atoms with E-state index in [1.165, 1.54) is 6.07 Å². The third kappa shape index (κ3) is 5.27. The van der Waals surface area contributed by atoms with Crippen LogP contribution in [0.15, 0.2) is 51.3 Å². The van der Waals surface area contributed by atoms with Crippen molar-refractivity contribution in [1.82, 2.24) is 10.2 Å². The van der Waals surface area contributed by atoms with Gasteiger partial charge in [0.05, 0.1) is 24.1 Å². The molecule has 3 aliphatic carbocycles. The monoisotopic (exact) mass is 591 g/mol. The molecule has 10 heteroatoms. The van der Waals surface area contributed by atoms with Crippen LogP contribution in [0.1, 0.15) is 67.6 Å². The Bertz CT molecular complexity index is 1520. The SMILES string of the molecule is CCCCC(CC)NCc1ccc(-c2ccc(O)c3c2C[C@H]2C[C@@H]4C(C(=O)C(C(N)=O)=C(O)C4N(C)C)C(O)=C2C3=O)o1. The van der Waals surface area contributed by atoms with Gasteiger partial charge in [0.2, 0.25) is 0 Å². The van der Waals surface area contributed by atoms with Crippen LogP contribution in [0.2, 0.25) is 0 Å². The molecule has 5 atom stereocenters. The molecule has 0 fully saturated rings. The number of hydrogen-bond donors (Lipinski definition) is 5. The van der Waals surface area contributed by atoms with Crippen molar-refractivity contribution in [3.8, 4) is 17.1 Å². The largest absolute Gasteiger partial charge is 0.511 e. The molecule has 0 spiro atoms. The number of rotatable bonds is 10. The summed E-state index contributed by atoms with van der Waals surface area (Å²) in [4.78, 5) is 41.2. The molecule has 230 valence electrons. The number of nitrogens with zero attached hydrogens (tertiary/aromatic N) is 1. The van der Waals surface area contributed by atoms with Crippen LogP contribution in [0.4, 0.5) is 0 Å². The maximum absolute atomic E-state index is 14.0. The Labute approximate surface area is 251 Å². The number of likely N-dealkylation sites (N-methyl/N-ethyl adjacent to an activating group) is 1. The number of carbonyl (C=O) groups is 3. The topological polar surface area (TPSA) is 166 Å². The lowest BCUT2D eigenvalue weighted by Crippen LogP contribution is -2.53. The second-order valence-corrected chi connectivity index (χ2v) is 12.2. The number of nitrogens with one attached hydrogen (secondary N) is 1. The fourth-order valence-corrected chi connectivity index (χ4v) is 7.26. The highest BCUT2D eigenvalue weighted by Crippen LogP contribution is 2.51. The maximum Gasteiger partial charge on any atom is 0.255 e. The predicted octanol–water partition coefficient (Wildman–Crippen LogP) is 4.32. The average Bonchev–Trinajstić information content (AvgIpc) is 3.41. The van der Waals surface area contributed by atoms with Gasteiger partial charge in [-0.25, -0.2) is 0 Å². The minimum Gasteiger partial charge on any atom is -0.511 e. The summed E-state index contributed by atoms with van der Waals surface area (Å²) < 4.78 is 6.21. The van der Waals surface area contributed by atoms with E-state index in [1.54, 1.807) is 25.1 Å². The Hall–Kier alpha value is -3.89. The van der Waals surface area contributed by atoms with Crippen LogP contribution in [-0.2, 0) is 22.6 Å². The van der Waals surface area contributed by atoms with Crippen molar-refractivity contribution in [1.29, 1.82) is 0 Å². The molecular weight excluding hydrogens is 550 g/mol. The van der Waals surface area contributed by atoms with Crippen LogP contribution in [0.25, 0.3) is 11.3 Å². The molecule has 0 bridgehead atoms. The summed E-state index contributed by atoms with van der Waals surface area (Å²) >= 11 is 0. The van der Waals surface area contributed by atoms with Gasteiger partial charge in [-0.3, -0.25) is 19.3 Å². The highest BCUT2D eigenvalue weighted by atomic mass is 16.3. The van der Waals surface area contributed by atoms with Gasteiger partial charge in [-0.1, -0.05) is 26.7 Å². The van der Waals surface area contributed by atoms with Gasteiger partial charge in [-0.2, -0.15) is 0 Å². The molecule has 1 aromatic heterocycles. The number of primary amides is 1. The number of furan rings is 1. The molecular formula is C33H41N3O7. The van der Waals surface area contributed by atoms with Crippen LogP contribution in [0.3, 0.4) is 0 Å². The molecule has 3 unspecified atom stereocenters. The van der Waals surface area contributed by atoms with Gasteiger partial charge in [0.25, 0.3) is 5.91 Å². The molecule has 2 aromatic rings. The molecule has 0 radical (unpaired) electrons. The van der Waals surface area contributed by atoms with Gasteiger partial charge in [0, 0.05) is 17.2 Å². The molecule has 1 aromatic carbocycles. The lowest BCUT2D eigenvalue weighted by molar-refractivity contribution is -0.127. The van der Waals surface area contributed by atoms with E-state index in [0.717, 1.165) is 31.4 Å². The van der Waals surface area contributed by atoms with Crippen molar-refractivity contribution in [3.05, 3.63) is 63.8 Å². The van der Waals surface area contributed by atoms with E-state index in [2.05, 4.69) is 19.2 Å². The highest BCUT2D eigenvalue weighted by Gasteiger charge is 2.54. The fraction of sp³-hybridized carbons (Fsp3) is 0.485. The number of aliphatic hydroxyl groups is 2. The summed E-state index contributed by atoms with van der Waals surface area (Å²) in [5.41, 5.74) is 6.29. The third-order valence-electron chi connectivity index (χ3n) is 9.34. The number of carbonyl (C=O) groups excluding carboxylic acids is 3. The average molecular weight is 592 g/mol. The number of fused-ring (bicyclic) bond motifs is 3. The van der Waals surface area contributed by atoms with Crippen LogP contribution in [-0.4, -0.2) is 63.9 Å². The third-order valence-corrected chi connectivity index (χ3v) is 9.34. The second kappa shape index (κ2) is 12.0. The van der Waals surface area contributed by atoms with Gasteiger partial charge in [-0.15, -0.1) is 0 Å². The quantitative estimate of drug-likeness (QED) is 0.253. The zero-order chi connectivity index (χ0) is 31.2. The summed E-state index contributed by atoms with van der Waals surface area (Å²) in [5.74, 6) is -4.50. The van der Waals surface area contributed by atoms with Crippen molar-refractivity contribution < 1.29 is 34.1 Å². The molecule has 3 aliphatic rings. The van der Waals surface area contributed by atoms with Gasteiger partial charge < -0.3 is 30.8 Å². The number of phenols is 1. The first-order chi connectivity index (χ1) is 20.5. The second-order valence-electron chi connectivity index (χ2n) is 12.2. The van der Waals surface area contributed by atoms with E-state index in [9.17, 15) is 29.7 Å². The van der Waals surface area contributed by atoms with E-state index in [0.29, 0.717) is 42.3 Å². The zero-order valence-corrected chi connectivity index (χ0v) is 25.1. The molecule has 1 amide bonds. The Morgan fingerprint density at radius 3 is 2.51 bits per heavy atom. The van der Waals surface area contributed by atoms with E-state index in [4.69, 9.17) is 10.2 Å². The van der Waals surface area contributed by atoms with Gasteiger partial charge >= 0.3 is 0 Å². The van der Waals surface area contributed by atoms with Gasteiger partial charge in [-0.05, 0) is 81.4 Å². The number of aromatic hydroxyl groups is 1. The first-order valence-corrected chi connectivity index (χ1v) is 15.1. The first kappa shape index (κ1) is 30.6. The minimum atomic E-state index is -1.21. The van der Waals surface area contributed by atoms with E-state index in [-0.39, 0.29) is 16.9 Å². The number of hydrogen-bond acceptors (Lipinski definition) is 9. The first-order valence-electron chi connectivity index (χ1n) is 15.1. The summed E-state index contributed by atoms with van der Waals surface area (Å²) in [6.45, 7) is 4.90. The van der Waals surface area contributed by atoms with Gasteiger partial charge in [0.15, 0.2) is 11.6 Å². The number of benzene rings is 1. The molecule has 10 nitrogen and oxygen atoms in total. The van der Waals surface area contributed by atoms with Crippen LogP contribution >= 0.6 is 0 Å². The van der Waals surface area contributed by atoms with Gasteiger partial charge in [0.1, 0.15) is 34.4 Å². The lowest BCUT2D eigenvalue weighted by atomic mass is 9.60. The Morgan fingerprint density at radius 1 is 1.12 bits per heavy atom. The normalized spacial score (nSPS) is 24.2. The number of aliphatic hydroxyl groups excluding tert-OH is 2. The standard InChI is InChI=1S/C33H41N3O7/c1-5-7-8-17(6-2)35-15-18-9-12-23(43-18)19-10-11-22(37)25-20(19)13-16-14-21-26(30(39)24(16)29(25)38)31(40)27(33(34)42)32(41)28(21)36(3)4/h9-12,16-17,21,26,28,35,37,39,41H,5-8,13-15H2,1-4H3,(H2,34,42)/t16-,17?,21+,26?,28?/m0/s1. The number of nitrogens with two attached hydrogens (primary N) is 1. The Morgan fingerprint density at radius 2 is 1.86 bits per heavy atom. The number of allylic oxidation sites excluding steroid dienone is 2. The van der Waals surface area contributed by atoms with Crippen molar-refractivity contribution in [2.75, 3.05) is 14.1 Å². The predicted molar refractivity (Wildman–Crippen MR) is 160 cm³/mol. The molecule has 6 N–H and O–H groups in total. The number of amides is 1. The zero-order valence-electron chi connectivity index (χ0n) is 25.1. The lowest BCUT2D eigenvalue weighted by Gasteiger charge is -2.46. The van der Waals surface area contributed by atoms with Crippen molar-refractivity contribution in [3.63, 3.8) is 0 Å². The van der Waals surface area contributed by atoms with E-state index < -0.39 is 58.4 Å². The maximum atomic E-state index is 14.0. The summed E-state index contributed by atoms with van der Waals surface area (Å²) in [7, 11) is 3.41. The minimum absolute atomic E-state index is 0.0549. The summed E-state index contributed by atoms with van der Waals surface area (Å²) in [5, 5.41) is 36.8. The van der Waals surface area contributed by atoms with Crippen molar-refractivity contribution in [2.24, 2.45) is 23.5 Å². The molecule has 0 saturated heterocycles. The van der Waals surface area contributed by atoms with Crippen LogP contribution in [0.5, 0.6) is 5.75 Å². The fourth-order valence-electron chi connectivity index (χ4n) is 7.26. The Kier molecular flexibility index (Phi) is 8.54. The van der Waals surface area contributed by atoms with E-state index in [1.807, 2.05) is 12.1 Å². The highest BCUT2D eigenvalue weighted by molar-refractivity contribution is 6.22.